The van der Waals surface area contributed by atoms with Gasteiger partial charge in [-0.15, -0.1) is 0 Å². The fourth-order valence-corrected chi connectivity index (χ4v) is 1.85. The van der Waals surface area contributed by atoms with Gasteiger partial charge < -0.3 is 10.2 Å². The molecule has 0 radical (unpaired) electrons. The van der Waals surface area contributed by atoms with Crippen molar-refractivity contribution in [1.29, 1.82) is 0 Å². The molecule has 20 heavy (non-hydrogen) atoms. The molecule has 0 saturated carbocycles. The first kappa shape index (κ1) is 18.5. The SMILES string of the molecule is CCCCCCCCCC/C=C/C=C/C=C(\O)C(=O)O. The average molecular weight is 280 g/mol. The zero-order valence-corrected chi connectivity index (χ0v) is 12.6. The van der Waals surface area contributed by atoms with Gasteiger partial charge in [0.15, 0.2) is 0 Å². The van der Waals surface area contributed by atoms with Crippen LogP contribution in [0.4, 0.5) is 0 Å². The van der Waals surface area contributed by atoms with Gasteiger partial charge in [-0.1, -0.05) is 76.2 Å². The lowest BCUT2D eigenvalue weighted by molar-refractivity contribution is -0.135. The standard InChI is InChI=1S/C17H28O3/c1-2-3-4-5-6-7-8-9-10-11-12-13-14-15-16(18)17(19)20/h11-15,18H,2-10H2,1H3,(H,19,20)/b12-11+,14-13+,16-15-. The number of carboxylic acids is 1. The van der Waals surface area contributed by atoms with Crippen molar-refractivity contribution in [2.75, 3.05) is 0 Å². The van der Waals surface area contributed by atoms with E-state index in [0.717, 1.165) is 6.42 Å². The highest BCUT2D eigenvalue weighted by atomic mass is 16.4. The first-order chi connectivity index (χ1) is 9.68. The largest absolute Gasteiger partial charge is 0.502 e. The Labute approximate surface area is 122 Å². The maximum atomic E-state index is 10.3. The molecule has 2 N–H and O–H groups in total. The van der Waals surface area contributed by atoms with Crippen LogP contribution in [0.25, 0.3) is 0 Å². The van der Waals surface area contributed by atoms with Crippen molar-refractivity contribution in [2.24, 2.45) is 0 Å². The second kappa shape index (κ2) is 13.9. The van der Waals surface area contributed by atoms with E-state index in [0.29, 0.717) is 0 Å². The van der Waals surface area contributed by atoms with Crippen LogP contribution in [-0.4, -0.2) is 16.2 Å². The molecule has 0 unspecified atom stereocenters. The van der Waals surface area contributed by atoms with Crippen molar-refractivity contribution in [2.45, 2.75) is 64.7 Å². The molecule has 0 aromatic rings. The molecular weight excluding hydrogens is 252 g/mol. The Bertz CT molecular complexity index is 327. The number of carboxylic acid groups (broad SMARTS) is 1. The summed E-state index contributed by atoms with van der Waals surface area (Å²) in [7, 11) is 0. The van der Waals surface area contributed by atoms with Gasteiger partial charge in [0.05, 0.1) is 0 Å². The molecule has 0 heterocycles. The van der Waals surface area contributed by atoms with Gasteiger partial charge in [0.2, 0.25) is 5.76 Å². The number of aliphatic hydroxyl groups excluding tert-OH is 1. The number of unbranched alkanes of at least 4 members (excludes halogenated alkanes) is 8. The highest BCUT2D eigenvalue weighted by Gasteiger charge is 1.99. The molecule has 0 aromatic carbocycles. The minimum absolute atomic E-state index is 0.641. The monoisotopic (exact) mass is 280 g/mol. The van der Waals surface area contributed by atoms with E-state index in [-0.39, 0.29) is 0 Å². The lowest BCUT2D eigenvalue weighted by atomic mass is 10.1. The topological polar surface area (TPSA) is 57.5 Å². The smallest absolute Gasteiger partial charge is 0.370 e. The summed E-state index contributed by atoms with van der Waals surface area (Å²) in [4.78, 5) is 10.3. The Morgan fingerprint density at radius 1 is 0.850 bits per heavy atom. The van der Waals surface area contributed by atoms with Gasteiger partial charge in [-0.05, 0) is 18.9 Å². The first-order valence-corrected chi connectivity index (χ1v) is 7.64. The Morgan fingerprint density at radius 2 is 1.45 bits per heavy atom. The third-order valence-corrected chi connectivity index (χ3v) is 3.06. The van der Waals surface area contributed by atoms with E-state index < -0.39 is 11.7 Å². The normalized spacial score (nSPS) is 12.6. The van der Waals surface area contributed by atoms with Crippen molar-refractivity contribution >= 4 is 5.97 Å². The summed E-state index contributed by atoms with van der Waals surface area (Å²) in [6.45, 7) is 2.24. The van der Waals surface area contributed by atoms with Gasteiger partial charge in [0.25, 0.3) is 0 Å². The van der Waals surface area contributed by atoms with Crippen molar-refractivity contribution in [1.82, 2.24) is 0 Å². The van der Waals surface area contributed by atoms with Gasteiger partial charge in [-0.3, -0.25) is 0 Å². The fraction of sp³-hybridized carbons (Fsp3) is 0.588. The van der Waals surface area contributed by atoms with Crippen LogP contribution in [0.15, 0.2) is 36.1 Å². The third kappa shape index (κ3) is 12.9. The Kier molecular flexibility index (Phi) is 12.9. The van der Waals surface area contributed by atoms with Crippen LogP contribution in [0.2, 0.25) is 0 Å². The molecule has 0 aromatic heterocycles. The molecule has 0 fully saturated rings. The van der Waals surface area contributed by atoms with Gasteiger partial charge in [-0.25, -0.2) is 4.79 Å². The van der Waals surface area contributed by atoms with Gasteiger partial charge in [0, 0.05) is 0 Å². The van der Waals surface area contributed by atoms with E-state index in [9.17, 15) is 4.79 Å². The lowest BCUT2D eigenvalue weighted by Crippen LogP contribution is -1.97. The first-order valence-electron chi connectivity index (χ1n) is 7.64. The summed E-state index contributed by atoms with van der Waals surface area (Å²) in [6.07, 6.45) is 20.0. The van der Waals surface area contributed by atoms with Crippen LogP contribution in [0.3, 0.4) is 0 Å². The number of aliphatic hydroxyl groups is 1. The number of hydrogen-bond acceptors (Lipinski definition) is 2. The number of allylic oxidation sites excluding steroid dienone is 5. The van der Waals surface area contributed by atoms with E-state index in [1.165, 1.54) is 63.5 Å². The zero-order chi connectivity index (χ0) is 15.1. The van der Waals surface area contributed by atoms with Crippen LogP contribution >= 0.6 is 0 Å². The molecule has 0 aliphatic heterocycles. The van der Waals surface area contributed by atoms with Gasteiger partial charge in [-0.2, -0.15) is 0 Å². The maximum Gasteiger partial charge on any atom is 0.370 e. The lowest BCUT2D eigenvalue weighted by Gasteiger charge is -1.99. The summed E-state index contributed by atoms with van der Waals surface area (Å²) in [5.41, 5.74) is 0. The molecule has 0 amide bonds. The summed E-state index contributed by atoms with van der Waals surface area (Å²) < 4.78 is 0. The second-order valence-corrected chi connectivity index (χ2v) is 4.93. The number of aliphatic carboxylic acids is 1. The summed E-state index contributed by atoms with van der Waals surface area (Å²) in [5, 5.41) is 17.3. The molecular formula is C17H28O3. The minimum atomic E-state index is -1.31. The molecule has 0 rings (SSSR count). The van der Waals surface area contributed by atoms with Crippen molar-refractivity contribution in [3.05, 3.63) is 36.1 Å². The van der Waals surface area contributed by atoms with Crippen molar-refractivity contribution in [3.8, 4) is 0 Å². The summed E-state index contributed by atoms with van der Waals surface area (Å²) in [5.74, 6) is -1.95. The van der Waals surface area contributed by atoms with E-state index in [4.69, 9.17) is 10.2 Å². The van der Waals surface area contributed by atoms with E-state index in [1.54, 1.807) is 6.08 Å². The minimum Gasteiger partial charge on any atom is -0.502 e. The Balaban J connectivity index is 3.42. The van der Waals surface area contributed by atoms with E-state index >= 15 is 0 Å². The number of hydrogen-bond donors (Lipinski definition) is 2. The highest BCUT2D eigenvalue weighted by Crippen LogP contribution is 2.09. The average Bonchev–Trinajstić information content (AvgIpc) is 2.43. The van der Waals surface area contributed by atoms with Crippen LogP contribution in [0.1, 0.15) is 64.7 Å². The molecule has 3 heteroatoms. The number of rotatable bonds is 12. The molecule has 3 nitrogen and oxygen atoms in total. The van der Waals surface area contributed by atoms with Crippen LogP contribution in [-0.2, 0) is 4.79 Å². The summed E-state index contributed by atoms with van der Waals surface area (Å²) >= 11 is 0. The molecule has 0 bridgehead atoms. The van der Waals surface area contributed by atoms with Crippen LogP contribution < -0.4 is 0 Å². The molecule has 0 spiro atoms. The van der Waals surface area contributed by atoms with Crippen molar-refractivity contribution in [3.63, 3.8) is 0 Å². The predicted octanol–water partition coefficient (Wildman–Crippen LogP) is 5.16. The van der Waals surface area contributed by atoms with E-state index in [2.05, 4.69) is 13.0 Å². The molecule has 0 aliphatic rings. The third-order valence-electron chi connectivity index (χ3n) is 3.06. The second-order valence-electron chi connectivity index (χ2n) is 4.93. The molecule has 0 saturated heterocycles. The van der Waals surface area contributed by atoms with Crippen LogP contribution in [0.5, 0.6) is 0 Å². The Hall–Kier alpha value is -1.51. The van der Waals surface area contributed by atoms with Gasteiger partial charge >= 0.3 is 5.97 Å². The van der Waals surface area contributed by atoms with Gasteiger partial charge in [0.1, 0.15) is 0 Å². The van der Waals surface area contributed by atoms with E-state index in [1.807, 2.05) is 6.08 Å². The maximum absolute atomic E-state index is 10.3. The van der Waals surface area contributed by atoms with Crippen LogP contribution in [0, 0.1) is 0 Å². The Morgan fingerprint density at radius 3 is 2.05 bits per heavy atom. The fourth-order valence-electron chi connectivity index (χ4n) is 1.85. The predicted molar refractivity (Wildman–Crippen MR) is 83.9 cm³/mol. The highest BCUT2D eigenvalue weighted by molar-refractivity contribution is 5.83. The molecule has 0 atom stereocenters. The molecule has 0 aliphatic carbocycles. The quantitative estimate of drug-likeness (QED) is 0.225. The summed E-state index contributed by atoms with van der Waals surface area (Å²) in [6, 6.07) is 0. The zero-order valence-electron chi connectivity index (χ0n) is 12.6. The van der Waals surface area contributed by atoms with Crippen molar-refractivity contribution < 1.29 is 15.0 Å². The number of carbonyl (C=O) groups is 1. The molecule has 114 valence electrons.